The van der Waals surface area contributed by atoms with Crippen molar-refractivity contribution in [2.45, 2.75) is 0 Å². The van der Waals surface area contributed by atoms with Gasteiger partial charge in [-0.1, -0.05) is 9.39 Å². The molecule has 4 N–H and O–H groups in total. The van der Waals surface area contributed by atoms with Gasteiger partial charge in [0, 0.05) is 0 Å². The highest BCUT2D eigenvalue weighted by Gasteiger charge is 2.28. The van der Waals surface area contributed by atoms with Gasteiger partial charge in [0.25, 0.3) is 0 Å². The topological polar surface area (TPSA) is 116 Å². The van der Waals surface area contributed by atoms with Crippen LogP contribution in [0.15, 0.2) is 0 Å². The van der Waals surface area contributed by atoms with Crippen LogP contribution in [0.25, 0.3) is 0 Å². The maximum Gasteiger partial charge on any atom is 0.477 e. The van der Waals surface area contributed by atoms with Gasteiger partial charge in [-0.05, 0) is 0 Å². The molecular weight excluding hydrogens is 203 g/mol. The summed E-state index contributed by atoms with van der Waals surface area (Å²) in [6.45, 7) is 0. The first-order valence-corrected chi connectivity index (χ1v) is 5.53. The molecule has 0 fully saturated rings. The number of hydrogen-bond acceptors (Lipinski definition) is 3. The van der Waals surface area contributed by atoms with Gasteiger partial charge in [0.2, 0.25) is 0 Å². The quantitative estimate of drug-likeness (QED) is 0.466. The second-order valence-electron chi connectivity index (χ2n) is 1.22. The van der Waals surface area contributed by atoms with Crippen LogP contribution in [-0.4, -0.2) is 14.7 Å². The molecule has 0 aliphatic carbocycles. The molecule has 0 saturated carbocycles. The van der Waals surface area contributed by atoms with Gasteiger partial charge < -0.3 is 14.7 Å². The Morgan fingerprint density at radius 1 is 1.30 bits per heavy atom. The predicted molar refractivity (Wildman–Crippen MR) is 35.8 cm³/mol. The number of phosphoric acid groups is 1. The van der Waals surface area contributed by atoms with E-state index >= 15 is 0 Å². The first-order chi connectivity index (χ1) is 4.27. The lowest BCUT2D eigenvalue weighted by Gasteiger charge is -2.09. The van der Waals surface area contributed by atoms with Crippen LogP contribution in [0.5, 0.6) is 0 Å². The Morgan fingerprint density at radius 2 is 1.70 bits per heavy atom. The van der Waals surface area contributed by atoms with Crippen molar-refractivity contribution in [3.8, 4) is 0 Å². The van der Waals surface area contributed by atoms with E-state index in [1.54, 1.807) is 14.2 Å². The van der Waals surface area contributed by atoms with Crippen molar-refractivity contribution in [1.82, 2.24) is 4.86 Å². The van der Waals surface area contributed by atoms with Gasteiger partial charge in [-0.15, -0.1) is 0 Å². The normalized spacial score (nSPS) is 18.4. The molecular formula is H6NO6P3. The molecule has 0 aliphatic heterocycles. The van der Waals surface area contributed by atoms with E-state index in [9.17, 15) is 9.13 Å². The molecule has 0 aromatic heterocycles. The van der Waals surface area contributed by atoms with Crippen LogP contribution in [-0.2, 0) is 13.4 Å². The molecule has 0 saturated heterocycles. The fourth-order valence-electron chi connectivity index (χ4n) is 0.168. The summed E-state index contributed by atoms with van der Waals surface area (Å²) >= 11 is 0. The number of rotatable bonds is 3. The summed E-state index contributed by atoms with van der Waals surface area (Å²) in [6, 6.07) is 0. The van der Waals surface area contributed by atoms with Gasteiger partial charge in [0.1, 0.15) is 0 Å². The Labute approximate surface area is 58.9 Å². The molecule has 10 heavy (non-hydrogen) atoms. The third-order valence-corrected chi connectivity index (χ3v) is 3.42. The lowest BCUT2D eigenvalue weighted by molar-refractivity contribution is 0.262. The maximum atomic E-state index is 10.3. The summed E-state index contributed by atoms with van der Waals surface area (Å²) in [5, 5.41) is 0. The second kappa shape index (κ2) is 3.39. The zero-order valence-electron chi connectivity index (χ0n) is 4.54. The fourth-order valence-corrected chi connectivity index (χ4v) is 1.93. The summed E-state index contributed by atoms with van der Waals surface area (Å²) in [7, 11) is -7.64. The molecule has 0 rings (SSSR count). The van der Waals surface area contributed by atoms with E-state index in [4.69, 9.17) is 14.7 Å². The minimum atomic E-state index is -4.89. The summed E-state index contributed by atoms with van der Waals surface area (Å²) in [4.78, 5) is 26.0. The highest BCUT2D eigenvalue weighted by molar-refractivity contribution is 7.65. The van der Waals surface area contributed by atoms with E-state index in [1.165, 1.54) is 0 Å². The molecule has 0 aromatic carbocycles. The molecule has 2 unspecified atom stereocenters. The molecule has 0 heterocycles. The average Bonchev–Trinajstić information content (AvgIpc) is 1.60. The fraction of sp³-hybridized carbons (Fsp3) is 0. The summed E-state index contributed by atoms with van der Waals surface area (Å²) in [6.07, 6.45) is 0. The first-order valence-electron chi connectivity index (χ1n) is 1.84. The predicted octanol–water partition coefficient (Wildman–Crippen LogP) is -0.424. The van der Waals surface area contributed by atoms with Crippen molar-refractivity contribution in [2.24, 2.45) is 0 Å². The zero-order valence-corrected chi connectivity index (χ0v) is 7.48. The van der Waals surface area contributed by atoms with Crippen LogP contribution in [0.1, 0.15) is 0 Å². The second-order valence-corrected chi connectivity index (χ2v) is 4.93. The molecule has 0 bridgehead atoms. The van der Waals surface area contributed by atoms with Crippen LogP contribution in [0.2, 0.25) is 0 Å². The highest BCUT2D eigenvalue weighted by Crippen LogP contribution is 2.54. The minimum Gasteiger partial charge on any atom is -0.312 e. The highest BCUT2D eigenvalue weighted by atomic mass is 31.3. The van der Waals surface area contributed by atoms with Crippen molar-refractivity contribution >= 4 is 25.0 Å². The third-order valence-electron chi connectivity index (χ3n) is 0.380. The van der Waals surface area contributed by atoms with Crippen molar-refractivity contribution in [3.63, 3.8) is 0 Å². The van der Waals surface area contributed by atoms with Gasteiger partial charge in [-0.25, -0.2) is 14.0 Å². The average molecular weight is 209 g/mol. The Balaban J connectivity index is 4.17. The molecule has 0 aromatic rings. The molecule has 0 spiro atoms. The van der Waals surface area contributed by atoms with E-state index in [2.05, 4.69) is 4.31 Å². The van der Waals surface area contributed by atoms with Gasteiger partial charge in [0.05, 0.1) is 0 Å². The lowest BCUT2D eigenvalue weighted by atomic mass is 13.9. The number of nitrogens with one attached hydrogen (secondary N) is 1. The lowest BCUT2D eigenvalue weighted by Crippen LogP contribution is -1.97. The third kappa shape index (κ3) is 5.47. The summed E-state index contributed by atoms with van der Waals surface area (Å²) in [5.41, 5.74) is 0. The van der Waals surface area contributed by atoms with E-state index in [-0.39, 0.29) is 0 Å². The van der Waals surface area contributed by atoms with Crippen LogP contribution in [0.3, 0.4) is 0 Å². The summed E-state index contributed by atoms with van der Waals surface area (Å²) in [5.74, 6) is 0. The number of hydrogen-bond donors (Lipinski definition) is 4. The first kappa shape index (κ1) is 10.7. The van der Waals surface area contributed by atoms with Crippen LogP contribution in [0, 0.1) is 0 Å². The van der Waals surface area contributed by atoms with Gasteiger partial charge in [0.15, 0.2) is 0 Å². The van der Waals surface area contributed by atoms with E-state index < -0.39 is 15.6 Å². The Morgan fingerprint density at radius 3 is 1.80 bits per heavy atom. The Hall–Kier alpha value is 0.690. The standard InChI is InChI=1S/H6NO6P3/c2-9(3,1-8)7-10(4,5)6/h8H2,(H2,1,2,3)(H2,4,5,6). The largest absolute Gasteiger partial charge is 0.477 e. The monoisotopic (exact) mass is 209 g/mol. The van der Waals surface area contributed by atoms with Crippen molar-refractivity contribution < 1.29 is 28.1 Å². The Kier molecular flexibility index (Phi) is 3.62. The molecule has 10 heteroatoms. The van der Waals surface area contributed by atoms with Gasteiger partial charge in [-0.2, -0.15) is 4.31 Å². The summed E-state index contributed by atoms with van der Waals surface area (Å²) < 4.78 is 23.6. The molecule has 0 aliphatic rings. The van der Waals surface area contributed by atoms with Crippen LogP contribution in [0.4, 0.5) is 0 Å². The van der Waals surface area contributed by atoms with Gasteiger partial charge in [-0.3, -0.25) is 0 Å². The van der Waals surface area contributed by atoms with Gasteiger partial charge >= 0.3 is 15.6 Å². The smallest absolute Gasteiger partial charge is 0.312 e. The zero-order chi connectivity index (χ0) is 8.41. The minimum absolute atomic E-state index is 1.60. The maximum absolute atomic E-state index is 10.3. The molecule has 0 amide bonds. The van der Waals surface area contributed by atoms with E-state index in [0.29, 0.717) is 0 Å². The van der Waals surface area contributed by atoms with Crippen molar-refractivity contribution in [1.29, 1.82) is 0 Å². The van der Waals surface area contributed by atoms with Crippen LogP contribution >= 0.6 is 25.0 Å². The van der Waals surface area contributed by atoms with E-state index in [1.807, 2.05) is 0 Å². The molecule has 62 valence electrons. The molecule has 0 radical (unpaired) electrons. The molecule has 2 atom stereocenters. The Bertz CT molecular complexity index is 191. The van der Waals surface area contributed by atoms with E-state index in [0.717, 1.165) is 0 Å². The van der Waals surface area contributed by atoms with Crippen molar-refractivity contribution in [3.05, 3.63) is 0 Å². The molecule has 7 nitrogen and oxygen atoms in total. The SMILES string of the molecule is O=P(O)(O)OP(=O)(O)NP. The van der Waals surface area contributed by atoms with Crippen LogP contribution < -0.4 is 4.86 Å². The van der Waals surface area contributed by atoms with Crippen molar-refractivity contribution in [2.75, 3.05) is 0 Å².